The van der Waals surface area contributed by atoms with Gasteiger partial charge in [-0.05, 0) is 19.0 Å². The summed E-state index contributed by atoms with van der Waals surface area (Å²) in [6, 6.07) is 8.70. The van der Waals surface area contributed by atoms with Gasteiger partial charge in [-0.25, -0.2) is 4.98 Å². The fourth-order valence-electron chi connectivity index (χ4n) is 2.82. The molecular weight excluding hydrogens is 250 g/mol. The Kier molecular flexibility index (Phi) is 4.02. The molecule has 0 radical (unpaired) electrons. The minimum absolute atomic E-state index is 0.352. The Morgan fingerprint density at radius 1 is 1.45 bits per heavy atom. The summed E-state index contributed by atoms with van der Waals surface area (Å²) in [5, 5.41) is 3.65. The van der Waals surface area contributed by atoms with Gasteiger partial charge in [-0.3, -0.25) is 0 Å². The van der Waals surface area contributed by atoms with Crippen LogP contribution in [-0.4, -0.2) is 29.2 Å². The second-order valence-corrected chi connectivity index (χ2v) is 5.26. The van der Waals surface area contributed by atoms with Crippen molar-refractivity contribution in [3.05, 3.63) is 48.0 Å². The number of aromatic amines is 1. The van der Waals surface area contributed by atoms with Crippen LogP contribution in [0, 0.1) is 0 Å². The van der Waals surface area contributed by atoms with Gasteiger partial charge in [0.15, 0.2) is 0 Å². The summed E-state index contributed by atoms with van der Waals surface area (Å²) in [5.41, 5.74) is 1.31. The van der Waals surface area contributed by atoms with Crippen molar-refractivity contribution < 1.29 is 4.74 Å². The molecule has 0 saturated carbocycles. The molecule has 106 valence electrons. The van der Waals surface area contributed by atoms with Gasteiger partial charge in [-0.15, -0.1) is 0 Å². The second kappa shape index (κ2) is 6.09. The summed E-state index contributed by atoms with van der Waals surface area (Å²) >= 11 is 0. The van der Waals surface area contributed by atoms with Crippen LogP contribution in [0.1, 0.15) is 30.7 Å². The van der Waals surface area contributed by atoms with Crippen LogP contribution in [0.15, 0.2) is 36.7 Å². The third kappa shape index (κ3) is 2.70. The number of fused-ring (bicyclic) bond motifs is 1. The van der Waals surface area contributed by atoms with Gasteiger partial charge in [0.05, 0.1) is 6.61 Å². The number of nitrogens with one attached hydrogen (secondary N) is 2. The van der Waals surface area contributed by atoms with E-state index in [0.717, 1.165) is 37.6 Å². The van der Waals surface area contributed by atoms with Crippen molar-refractivity contribution in [2.24, 2.45) is 0 Å². The summed E-state index contributed by atoms with van der Waals surface area (Å²) in [7, 11) is 0. The van der Waals surface area contributed by atoms with E-state index in [-0.39, 0.29) is 0 Å². The highest BCUT2D eigenvalue weighted by Crippen LogP contribution is 2.36. The normalized spacial score (nSPS) is 18.6. The molecule has 1 aliphatic rings. The van der Waals surface area contributed by atoms with Crippen molar-refractivity contribution in [3.63, 3.8) is 0 Å². The highest BCUT2D eigenvalue weighted by Gasteiger charge is 2.31. The van der Waals surface area contributed by atoms with Crippen molar-refractivity contribution >= 4 is 0 Å². The van der Waals surface area contributed by atoms with Crippen molar-refractivity contribution in [3.8, 4) is 5.75 Å². The molecule has 2 N–H and O–H groups in total. The number of ether oxygens (including phenoxy) is 1. The molecule has 4 nitrogen and oxygen atoms in total. The van der Waals surface area contributed by atoms with Gasteiger partial charge < -0.3 is 15.0 Å². The van der Waals surface area contributed by atoms with E-state index in [1.807, 2.05) is 18.5 Å². The van der Waals surface area contributed by atoms with Crippen LogP contribution in [0.4, 0.5) is 0 Å². The number of rotatable bonds is 6. The zero-order valence-electron chi connectivity index (χ0n) is 11.8. The number of nitrogens with zero attached hydrogens (tertiary/aromatic N) is 1. The molecule has 0 aliphatic carbocycles. The molecule has 4 heteroatoms. The minimum Gasteiger partial charge on any atom is -0.493 e. The van der Waals surface area contributed by atoms with Gasteiger partial charge in [-0.2, -0.15) is 0 Å². The average molecular weight is 271 g/mol. The number of imidazole rings is 1. The van der Waals surface area contributed by atoms with Gasteiger partial charge in [0.1, 0.15) is 11.6 Å². The number of hydrogen-bond donors (Lipinski definition) is 2. The Hall–Kier alpha value is -1.81. The predicted molar refractivity (Wildman–Crippen MR) is 79.1 cm³/mol. The largest absolute Gasteiger partial charge is 0.493 e. The Labute approximate surface area is 119 Å². The molecule has 20 heavy (non-hydrogen) atoms. The first-order valence-electron chi connectivity index (χ1n) is 7.32. The van der Waals surface area contributed by atoms with Gasteiger partial charge in [-0.1, -0.05) is 25.1 Å². The molecule has 0 amide bonds. The van der Waals surface area contributed by atoms with E-state index >= 15 is 0 Å². The van der Waals surface area contributed by atoms with Gasteiger partial charge in [0.2, 0.25) is 0 Å². The maximum atomic E-state index is 5.82. The predicted octanol–water partition coefficient (Wildman–Crippen LogP) is 2.50. The van der Waals surface area contributed by atoms with Crippen LogP contribution in [0.5, 0.6) is 5.75 Å². The van der Waals surface area contributed by atoms with Crippen molar-refractivity contribution in [2.45, 2.75) is 31.7 Å². The molecule has 2 aromatic rings. The van der Waals surface area contributed by atoms with Gasteiger partial charge >= 0.3 is 0 Å². The third-order valence-corrected chi connectivity index (χ3v) is 3.85. The Morgan fingerprint density at radius 2 is 2.35 bits per heavy atom. The van der Waals surface area contributed by atoms with Crippen molar-refractivity contribution in [1.82, 2.24) is 15.3 Å². The number of hydrogen-bond acceptors (Lipinski definition) is 3. The lowest BCUT2D eigenvalue weighted by molar-refractivity contribution is 0.295. The summed E-state index contributed by atoms with van der Waals surface area (Å²) in [5.74, 6) is 2.45. The van der Waals surface area contributed by atoms with E-state index in [2.05, 4.69) is 40.4 Å². The van der Waals surface area contributed by atoms with E-state index < -0.39 is 0 Å². The fourth-order valence-corrected chi connectivity index (χ4v) is 2.82. The van der Waals surface area contributed by atoms with Crippen molar-refractivity contribution in [2.75, 3.05) is 13.2 Å². The molecule has 1 aromatic carbocycles. The van der Waals surface area contributed by atoms with Crippen LogP contribution in [0.2, 0.25) is 0 Å². The van der Waals surface area contributed by atoms with Crippen LogP contribution in [0.3, 0.4) is 0 Å². The van der Waals surface area contributed by atoms with Crippen LogP contribution < -0.4 is 10.1 Å². The van der Waals surface area contributed by atoms with Crippen LogP contribution in [-0.2, 0) is 6.42 Å². The van der Waals surface area contributed by atoms with E-state index in [1.54, 1.807) is 0 Å². The van der Waals surface area contributed by atoms with Gasteiger partial charge in [0.25, 0.3) is 0 Å². The fraction of sp³-hybridized carbons (Fsp3) is 0.438. The van der Waals surface area contributed by atoms with E-state index in [9.17, 15) is 0 Å². The number of para-hydroxylation sites is 1. The highest BCUT2D eigenvalue weighted by atomic mass is 16.5. The quantitative estimate of drug-likeness (QED) is 0.848. The third-order valence-electron chi connectivity index (χ3n) is 3.85. The lowest BCUT2D eigenvalue weighted by Gasteiger charge is -2.23. The molecular formula is C16H21N3O. The maximum absolute atomic E-state index is 5.82. The Bertz CT molecular complexity index is 538. The van der Waals surface area contributed by atoms with Crippen molar-refractivity contribution in [1.29, 1.82) is 0 Å². The lowest BCUT2D eigenvalue weighted by atomic mass is 9.91. The SMILES string of the molecule is CCCNC(Cc1ncc[nH]1)C1COc2ccccc21. The standard InChI is InChI=1S/C16H21N3O/c1-2-7-17-14(10-16-18-8-9-19-16)13-11-20-15-6-4-3-5-12(13)15/h3-6,8-9,13-14,17H,2,7,10-11H2,1H3,(H,18,19). The van der Waals surface area contributed by atoms with E-state index in [4.69, 9.17) is 4.74 Å². The van der Waals surface area contributed by atoms with Gasteiger partial charge in [0, 0.05) is 36.3 Å². The molecule has 0 bridgehead atoms. The molecule has 1 aromatic heterocycles. The summed E-state index contributed by atoms with van der Waals surface area (Å²) in [6.45, 7) is 3.96. The Morgan fingerprint density at radius 3 is 3.15 bits per heavy atom. The lowest BCUT2D eigenvalue weighted by Crippen LogP contribution is -2.38. The number of aromatic nitrogens is 2. The molecule has 0 saturated heterocycles. The Balaban J connectivity index is 1.79. The van der Waals surface area contributed by atoms with E-state index in [0.29, 0.717) is 12.0 Å². The molecule has 0 fully saturated rings. The van der Waals surface area contributed by atoms with Crippen LogP contribution in [0.25, 0.3) is 0 Å². The summed E-state index contributed by atoms with van der Waals surface area (Å²) in [6.07, 6.45) is 5.72. The molecule has 2 unspecified atom stereocenters. The molecule has 2 heterocycles. The summed E-state index contributed by atoms with van der Waals surface area (Å²) in [4.78, 5) is 7.55. The topological polar surface area (TPSA) is 49.9 Å². The first-order chi connectivity index (χ1) is 9.88. The molecule has 1 aliphatic heterocycles. The smallest absolute Gasteiger partial charge is 0.122 e. The second-order valence-electron chi connectivity index (χ2n) is 5.26. The van der Waals surface area contributed by atoms with E-state index in [1.165, 1.54) is 5.56 Å². The summed E-state index contributed by atoms with van der Waals surface area (Å²) < 4.78 is 5.82. The molecule has 3 rings (SSSR count). The van der Waals surface area contributed by atoms with Crippen LogP contribution >= 0.6 is 0 Å². The average Bonchev–Trinajstić information content (AvgIpc) is 3.12. The maximum Gasteiger partial charge on any atom is 0.122 e. The molecule has 0 spiro atoms. The highest BCUT2D eigenvalue weighted by molar-refractivity contribution is 5.40. The number of benzene rings is 1. The minimum atomic E-state index is 0.352. The monoisotopic (exact) mass is 271 g/mol. The number of H-pyrrole nitrogens is 1. The molecule has 2 atom stereocenters. The zero-order chi connectivity index (χ0) is 13.8. The first-order valence-corrected chi connectivity index (χ1v) is 7.32. The first kappa shape index (κ1) is 13.2. The zero-order valence-corrected chi connectivity index (χ0v) is 11.8.